The van der Waals surface area contributed by atoms with Crippen molar-refractivity contribution in [3.63, 3.8) is 0 Å². The highest BCUT2D eigenvalue weighted by Gasteiger charge is 2.28. The maximum atomic E-state index is 2.32. The molecule has 0 saturated heterocycles. The highest BCUT2D eigenvalue weighted by molar-refractivity contribution is 5.17. The second kappa shape index (κ2) is 22.2. The van der Waals surface area contributed by atoms with Crippen LogP contribution in [-0.2, 0) is 19.6 Å². The second-order valence-corrected chi connectivity index (χ2v) is 13.0. The topological polar surface area (TPSA) is 0 Å². The molecule has 0 aliphatic carbocycles. The normalized spacial score (nSPS) is 11.6. The van der Waals surface area contributed by atoms with Crippen LogP contribution in [0.3, 0.4) is 0 Å². The first-order valence-corrected chi connectivity index (χ1v) is 17.8. The smallest absolute Gasteiger partial charge is 0.105 e. The third-order valence-corrected chi connectivity index (χ3v) is 9.07. The Balaban J connectivity index is 1.36. The SMILES string of the molecule is CCCCCCCCCCCCCCCCCCCC[N+](Cc1ccccc1)(Cc1ccccc1)Cc1ccccc1. The highest BCUT2D eigenvalue weighted by Crippen LogP contribution is 2.26. The molecule has 0 radical (unpaired) electrons. The quantitative estimate of drug-likeness (QED) is 0.0704. The van der Waals surface area contributed by atoms with E-state index in [0.717, 1.165) is 24.1 Å². The molecule has 230 valence electrons. The van der Waals surface area contributed by atoms with Gasteiger partial charge in [0, 0.05) is 16.7 Å². The molecule has 0 bridgehead atoms. The lowest BCUT2D eigenvalue weighted by Gasteiger charge is -2.39. The summed E-state index contributed by atoms with van der Waals surface area (Å²) in [6.45, 7) is 6.80. The zero-order chi connectivity index (χ0) is 29.4. The summed E-state index contributed by atoms with van der Waals surface area (Å²) in [5, 5.41) is 0. The minimum atomic E-state index is 1.09. The fraction of sp³-hybridized carbons (Fsp3) is 0.561. The van der Waals surface area contributed by atoms with E-state index in [1.807, 2.05) is 0 Å². The third-order valence-electron chi connectivity index (χ3n) is 9.07. The molecule has 1 heteroatoms. The van der Waals surface area contributed by atoms with Gasteiger partial charge in [0.2, 0.25) is 0 Å². The van der Waals surface area contributed by atoms with E-state index in [1.165, 1.54) is 139 Å². The molecule has 3 rings (SSSR count). The van der Waals surface area contributed by atoms with E-state index in [0.29, 0.717) is 0 Å². The van der Waals surface area contributed by atoms with Crippen LogP contribution < -0.4 is 0 Å². The molecule has 0 N–H and O–H groups in total. The van der Waals surface area contributed by atoms with E-state index in [-0.39, 0.29) is 0 Å². The minimum Gasteiger partial charge on any atom is -0.312 e. The summed E-state index contributed by atoms with van der Waals surface area (Å²) in [6, 6.07) is 33.5. The summed E-state index contributed by atoms with van der Waals surface area (Å²) < 4.78 is 1.09. The summed E-state index contributed by atoms with van der Waals surface area (Å²) >= 11 is 0. The molecule has 0 heterocycles. The van der Waals surface area contributed by atoms with Crippen LogP contribution in [-0.4, -0.2) is 11.0 Å². The molecule has 0 amide bonds. The Labute approximate surface area is 260 Å². The predicted molar refractivity (Wildman–Crippen MR) is 184 cm³/mol. The van der Waals surface area contributed by atoms with Crippen molar-refractivity contribution in [1.82, 2.24) is 0 Å². The lowest BCUT2D eigenvalue weighted by Crippen LogP contribution is -2.46. The average Bonchev–Trinajstić information content (AvgIpc) is 3.02. The molecule has 0 aliphatic rings. The summed E-state index contributed by atoms with van der Waals surface area (Å²) in [5.74, 6) is 0. The standard InChI is InChI=1S/C41H62N/c1-2-3-4-5-6-7-8-9-10-11-12-13-14-15-16-17-18-28-35-42(36-39-29-22-19-23-30-39,37-40-31-24-20-25-32-40)38-41-33-26-21-27-34-41/h19-27,29-34H,2-18,28,35-38H2,1H3/q+1. The van der Waals surface area contributed by atoms with E-state index in [9.17, 15) is 0 Å². The Morgan fingerprint density at radius 3 is 0.881 bits per heavy atom. The van der Waals surface area contributed by atoms with Crippen LogP contribution in [0.2, 0.25) is 0 Å². The first-order chi connectivity index (χ1) is 20.8. The maximum Gasteiger partial charge on any atom is 0.105 e. The summed E-state index contributed by atoms with van der Waals surface area (Å²) in [5.41, 5.74) is 4.35. The molecule has 0 saturated carbocycles. The Hall–Kier alpha value is -2.38. The van der Waals surface area contributed by atoms with E-state index < -0.39 is 0 Å². The second-order valence-electron chi connectivity index (χ2n) is 13.0. The van der Waals surface area contributed by atoms with Crippen LogP contribution >= 0.6 is 0 Å². The molecule has 0 aromatic heterocycles. The number of hydrogen-bond donors (Lipinski definition) is 0. The average molecular weight is 569 g/mol. The molecule has 0 spiro atoms. The molecule has 42 heavy (non-hydrogen) atoms. The van der Waals surface area contributed by atoms with E-state index in [1.54, 1.807) is 0 Å². The van der Waals surface area contributed by atoms with Gasteiger partial charge in [-0.2, -0.15) is 0 Å². The van der Waals surface area contributed by atoms with Gasteiger partial charge in [0.25, 0.3) is 0 Å². The van der Waals surface area contributed by atoms with Crippen molar-refractivity contribution >= 4 is 0 Å². The number of nitrogens with zero attached hydrogens (tertiary/aromatic N) is 1. The Morgan fingerprint density at radius 2 is 0.595 bits per heavy atom. The highest BCUT2D eigenvalue weighted by atomic mass is 15.3. The van der Waals surface area contributed by atoms with Gasteiger partial charge >= 0.3 is 0 Å². The first-order valence-electron chi connectivity index (χ1n) is 17.8. The van der Waals surface area contributed by atoms with Gasteiger partial charge in [-0.05, 0) is 12.8 Å². The van der Waals surface area contributed by atoms with Crippen molar-refractivity contribution in [3.05, 3.63) is 108 Å². The van der Waals surface area contributed by atoms with Crippen molar-refractivity contribution < 1.29 is 4.48 Å². The number of unbranched alkanes of at least 4 members (excludes halogenated alkanes) is 17. The lowest BCUT2D eigenvalue weighted by atomic mass is 10.0. The van der Waals surface area contributed by atoms with Gasteiger partial charge in [0.1, 0.15) is 19.6 Å². The van der Waals surface area contributed by atoms with Crippen molar-refractivity contribution in [1.29, 1.82) is 0 Å². The predicted octanol–water partition coefficient (Wildman–Crippen LogP) is 12.4. The largest absolute Gasteiger partial charge is 0.312 e. The van der Waals surface area contributed by atoms with Crippen molar-refractivity contribution in [2.24, 2.45) is 0 Å². The van der Waals surface area contributed by atoms with Gasteiger partial charge in [0.15, 0.2) is 0 Å². The van der Waals surface area contributed by atoms with Gasteiger partial charge in [-0.15, -0.1) is 0 Å². The Kier molecular flexibility index (Phi) is 18.0. The van der Waals surface area contributed by atoms with Crippen LogP contribution in [0.25, 0.3) is 0 Å². The van der Waals surface area contributed by atoms with Gasteiger partial charge in [-0.25, -0.2) is 0 Å². The molecule has 1 nitrogen and oxygen atoms in total. The minimum absolute atomic E-state index is 1.09. The number of benzene rings is 3. The summed E-state index contributed by atoms with van der Waals surface area (Å²) in [4.78, 5) is 0. The fourth-order valence-electron chi connectivity index (χ4n) is 6.67. The van der Waals surface area contributed by atoms with Crippen molar-refractivity contribution in [2.75, 3.05) is 6.54 Å². The summed E-state index contributed by atoms with van der Waals surface area (Å²) in [7, 11) is 0. The summed E-state index contributed by atoms with van der Waals surface area (Å²) in [6.07, 6.45) is 25.7. The van der Waals surface area contributed by atoms with Gasteiger partial charge in [-0.3, -0.25) is 0 Å². The van der Waals surface area contributed by atoms with Crippen molar-refractivity contribution in [3.8, 4) is 0 Å². The zero-order valence-electron chi connectivity index (χ0n) is 27.2. The maximum absolute atomic E-state index is 2.32. The Morgan fingerprint density at radius 1 is 0.333 bits per heavy atom. The zero-order valence-corrected chi connectivity index (χ0v) is 27.2. The first kappa shape index (κ1) is 34.1. The molecular formula is C41H62N+. The molecular weight excluding hydrogens is 506 g/mol. The lowest BCUT2D eigenvalue weighted by molar-refractivity contribution is -0.966. The van der Waals surface area contributed by atoms with Crippen LogP contribution in [0.15, 0.2) is 91.0 Å². The number of quaternary nitrogens is 1. The van der Waals surface area contributed by atoms with E-state index in [2.05, 4.69) is 97.9 Å². The van der Waals surface area contributed by atoms with Crippen LogP contribution in [0, 0.1) is 0 Å². The van der Waals surface area contributed by atoms with Crippen LogP contribution in [0.4, 0.5) is 0 Å². The molecule has 0 fully saturated rings. The van der Waals surface area contributed by atoms with Gasteiger partial charge in [-0.1, -0.05) is 201 Å². The fourth-order valence-corrected chi connectivity index (χ4v) is 6.67. The Bertz CT molecular complexity index is 895. The molecule has 0 atom stereocenters. The molecule has 3 aromatic carbocycles. The molecule has 0 unspecified atom stereocenters. The van der Waals surface area contributed by atoms with Gasteiger partial charge in [0.05, 0.1) is 6.54 Å². The number of rotatable bonds is 25. The third kappa shape index (κ3) is 15.2. The van der Waals surface area contributed by atoms with E-state index in [4.69, 9.17) is 0 Å². The van der Waals surface area contributed by atoms with Crippen LogP contribution in [0.5, 0.6) is 0 Å². The molecule has 0 aliphatic heterocycles. The van der Waals surface area contributed by atoms with Crippen molar-refractivity contribution in [2.45, 2.75) is 142 Å². The van der Waals surface area contributed by atoms with E-state index >= 15 is 0 Å². The van der Waals surface area contributed by atoms with Gasteiger partial charge < -0.3 is 4.48 Å². The molecule has 3 aromatic rings. The number of hydrogen-bond acceptors (Lipinski definition) is 0. The van der Waals surface area contributed by atoms with Crippen LogP contribution in [0.1, 0.15) is 139 Å². The monoisotopic (exact) mass is 568 g/mol.